The summed E-state index contributed by atoms with van der Waals surface area (Å²) in [5.74, 6) is 1.54. The van der Waals surface area contributed by atoms with Crippen LogP contribution < -0.4 is 10.5 Å². The number of nitriles is 1. The number of aromatic amines is 1. The van der Waals surface area contributed by atoms with Crippen LogP contribution in [0.25, 0.3) is 0 Å². The van der Waals surface area contributed by atoms with Crippen molar-refractivity contribution in [1.82, 2.24) is 15.2 Å². The third kappa shape index (κ3) is 2.73. The Morgan fingerprint density at radius 2 is 2.39 bits per heavy atom. The smallest absolute Gasteiger partial charge is 0.216 e. The number of nitrogens with zero attached hydrogens (tertiary/aromatic N) is 3. The summed E-state index contributed by atoms with van der Waals surface area (Å²) in [6.07, 6.45) is 0. The SMILES string of the molecule is COc1ccc(CSc2n[nH]c(N)n2)cc1C#N. The van der Waals surface area contributed by atoms with Gasteiger partial charge in [-0.05, 0) is 17.7 Å². The molecule has 6 nitrogen and oxygen atoms in total. The third-order valence-electron chi connectivity index (χ3n) is 2.23. The van der Waals surface area contributed by atoms with Gasteiger partial charge >= 0.3 is 0 Å². The first-order valence-electron chi connectivity index (χ1n) is 5.10. The Morgan fingerprint density at radius 1 is 1.56 bits per heavy atom. The van der Waals surface area contributed by atoms with Crippen molar-refractivity contribution in [2.45, 2.75) is 10.9 Å². The zero-order valence-electron chi connectivity index (χ0n) is 9.67. The molecule has 7 heteroatoms. The number of nitrogens with two attached hydrogens (primary N) is 1. The van der Waals surface area contributed by atoms with E-state index in [1.165, 1.54) is 11.8 Å². The van der Waals surface area contributed by atoms with Crippen molar-refractivity contribution in [2.75, 3.05) is 12.8 Å². The molecular weight excluding hydrogens is 250 g/mol. The number of nitrogens with one attached hydrogen (secondary N) is 1. The second-order valence-corrected chi connectivity index (χ2v) is 4.38. The monoisotopic (exact) mass is 261 g/mol. The second-order valence-electron chi connectivity index (χ2n) is 3.44. The van der Waals surface area contributed by atoms with Crippen LogP contribution in [-0.4, -0.2) is 22.3 Å². The number of H-pyrrole nitrogens is 1. The Labute approximate surface area is 108 Å². The molecule has 0 aliphatic heterocycles. The number of thioether (sulfide) groups is 1. The number of aromatic nitrogens is 3. The third-order valence-corrected chi connectivity index (χ3v) is 3.15. The van der Waals surface area contributed by atoms with Gasteiger partial charge in [-0.2, -0.15) is 10.2 Å². The van der Waals surface area contributed by atoms with E-state index < -0.39 is 0 Å². The molecule has 1 aromatic carbocycles. The molecule has 0 aliphatic rings. The molecule has 92 valence electrons. The Hall–Kier alpha value is -2.20. The summed E-state index contributed by atoms with van der Waals surface area (Å²) < 4.78 is 5.08. The molecule has 0 atom stereocenters. The number of rotatable bonds is 4. The minimum Gasteiger partial charge on any atom is -0.495 e. The van der Waals surface area contributed by atoms with E-state index in [1.807, 2.05) is 6.07 Å². The first kappa shape index (κ1) is 12.3. The molecule has 0 saturated carbocycles. The van der Waals surface area contributed by atoms with Gasteiger partial charge in [-0.3, -0.25) is 0 Å². The quantitative estimate of drug-likeness (QED) is 0.810. The summed E-state index contributed by atoms with van der Waals surface area (Å²) in [5, 5.41) is 16.1. The van der Waals surface area contributed by atoms with Gasteiger partial charge in [0, 0.05) is 5.75 Å². The molecule has 0 unspecified atom stereocenters. The highest BCUT2D eigenvalue weighted by molar-refractivity contribution is 7.98. The van der Waals surface area contributed by atoms with Crippen molar-refractivity contribution < 1.29 is 4.74 Å². The minimum atomic E-state index is 0.296. The Kier molecular flexibility index (Phi) is 3.69. The van der Waals surface area contributed by atoms with Crippen molar-refractivity contribution in [3.63, 3.8) is 0 Å². The standard InChI is InChI=1S/C11H11N5OS/c1-17-9-3-2-7(4-8(9)5-12)6-18-11-14-10(13)15-16-11/h2-4H,6H2,1H3,(H3,13,14,15,16). The molecule has 0 amide bonds. The van der Waals surface area contributed by atoms with Crippen LogP contribution in [0.2, 0.25) is 0 Å². The first-order valence-corrected chi connectivity index (χ1v) is 6.09. The van der Waals surface area contributed by atoms with E-state index in [4.69, 9.17) is 15.7 Å². The fourth-order valence-corrected chi connectivity index (χ4v) is 2.15. The summed E-state index contributed by atoms with van der Waals surface area (Å²) in [4.78, 5) is 3.99. The maximum atomic E-state index is 8.98. The lowest BCUT2D eigenvalue weighted by Gasteiger charge is -2.04. The summed E-state index contributed by atoms with van der Waals surface area (Å²) in [6, 6.07) is 7.57. The van der Waals surface area contributed by atoms with Crippen LogP contribution in [0.15, 0.2) is 23.4 Å². The number of benzene rings is 1. The Bertz CT molecular complexity index is 589. The van der Waals surface area contributed by atoms with E-state index in [1.54, 1.807) is 19.2 Å². The normalized spacial score (nSPS) is 10.0. The molecule has 1 aromatic heterocycles. The molecule has 0 aliphatic carbocycles. The molecule has 0 spiro atoms. The van der Waals surface area contributed by atoms with E-state index in [9.17, 15) is 0 Å². The van der Waals surface area contributed by atoms with Crippen molar-refractivity contribution in [3.8, 4) is 11.8 Å². The number of methoxy groups -OCH3 is 1. The number of hydrogen-bond donors (Lipinski definition) is 2. The summed E-state index contributed by atoms with van der Waals surface area (Å²) >= 11 is 1.44. The van der Waals surface area contributed by atoms with Crippen molar-refractivity contribution in [3.05, 3.63) is 29.3 Å². The number of ether oxygens (including phenoxy) is 1. The highest BCUT2D eigenvalue weighted by Gasteiger charge is 2.06. The van der Waals surface area contributed by atoms with Crippen LogP contribution in [0.1, 0.15) is 11.1 Å². The summed E-state index contributed by atoms with van der Waals surface area (Å²) in [6.45, 7) is 0. The van der Waals surface area contributed by atoms with Gasteiger partial charge < -0.3 is 10.5 Å². The summed E-state index contributed by atoms with van der Waals surface area (Å²) in [7, 11) is 1.54. The molecule has 0 saturated heterocycles. The van der Waals surface area contributed by atoms with Crippen LogP contribution >= 0.6 is 11.8 Å². The molecule has 0 radical (unpaired) electrons. The van der Waals surface area contributed by atoms with E-state index in [2.05, 4.69) is 21.3 Å². The minimum absolute atomic E-state index is 0.296. The molecule has 2 rings (SSSR count). The zero-order chi connectivity index (χ0) is 13.0. The predicted molar refractivity (Wildman–Crippen MR) is 68.1 cm³/mol. The van der Waals surface area contributed by atoms with Crippen molar-refractivity contribution in [2.24, 2.45) is 0 Å². The zero-order valence-corrected chi connectivity index (χ0v) is 10.5. The van der Waals surface area contributed by atoms with E-state index >= 15 is 0 Å². The van der Waals surface area contributed by atoms with Gasteiger partial charge in [0.2, 0.25) is 11.1 Å². The van der Waals surface area contributed by atoms with Gasteiger partial charge in [-0.25, -0.2) is 5.10 Å². The van der Waals surface area contributed by atoms with Gasteiger partial charge in [-0.15, -0.1) is 5.10 Å². The lowest BCUT2D eigenvalue weighted by atomic mass is 10.1. The average Bonchev–Trinajstić information content (AvgIpc) is 2.81. The molecule has 0 bridgehead atoms. The first-order chi connectivity index (χ1) is 8.72. The van der Waals surface area contributed by atoms with Gasteiger partial charge in [0.25, 0.3) is 0 Å². The fourth-order valence-electron chi connectivity index (χ4n) is 1.40. The van der Waals surface area contributed by atoms with Crippen LogP contribution in [0.4, 0.5) is 5.95 Å². The van der Waals surface area contributed by atoms with Crippen LogP contribution in [0.5, 0.6) is 5.75 Å². The fraction of sp³-hybridized carbons (Fsp3) is 0.182. The maximum absolute atomic E-state index is 8.98. The highest BCUT2D eigenvalue weighted by Crippen LogP contribution is 2.24. The number of nitrogen functional groups attached to an aromatic ring is 1. The number of anilines is 1. The van der Waals surface area contributed by atoms with Crippen LogP contribution in [0.3, 0.4) is 0 Å². The maximum Gasteiger partial charge on any atom is 0.216 e. The highest BCUT2D eigenvalue weighted by atomic mass is 32.2. The van der Waals surface area contributed by atoms with Gasteiger partial charge in [0.1, 0.15) is 11.8 Å². The van der Waals surface area contributed by atoms with Gasteiger partial charge in [0.15, 0.2) is 0 Å². The van der Waals surface area contributed by atoms with Crippen molar-refractivity contribution >= 4 is 17.7 Å². The molecule has 1 heterocycles. The molecular formula is C11H11N5OS. The second kappa shape index (κ2) is 5.42. The molecule has 0 fully saturated rings. The topological polar surface area (TPSA) is 101 Å². The lowest BCUT2D eigenvalue weighted by molar-refractivity contribution is 0.413. The van der Waals surface area contributed by atoms with Crippen LogP contribution in [0, 0.1) is 11.3 Å². The Morgan fingerprint density at radius 3 is 3.00 bits per heavy atom. The lowest BCUT2D eigenvalue weighted by Crippen LogP contribution is -1.90. The average molecular weight is 261 g/mol. The molecule has 2 aromatic rings. The van der Waals surface area contributed by atoms with E-state index in [0.29, 0.717) is 28.2 Å². The van der Waals surface area contributed by atoms with Gasteiger partial charge in [0.05, 0.1) is 12.7 Å². The van der Waals surface area contributed by atoms with Crippen molar-refractivity contribution in [1.29, 1.82) is 5.26 Å². The predicted octanol–water partition coefficient (Wildman–Crippen LogP) is 1.56. The Balaban J connectivity index is 2.08. The number of hydrogen-bond acceptors (Lipinski definition) is 6. The largest absolute Gasteiger partial charge is 0.495 e. The van der Waals surface area contributed by atoms with Gasteiger partial charge in [-0.1, -0.05) is 17.8 Å². The molecule has 18 heavy (non-hydrogen) atoms. The van der Waals surface area contributed by atoms with E-state index in [-0.39, 0.29) is 0 Å². The van der Waals surface area contributed by atoms with E-state index in [0.717, 1.165) is 5.56 Å². The summed E-state index contributed by atoms with van der Waals surface area (Å²) in [5.41, 5.74) is 6.95. The van der Waals surface area contributed by atoms with Crippen LogP contribution in [-0.2, 0) is 5.75 Å². The molecule has 3 N–H and O–H groups in total.